The van der Waals surface area contributed by atoms with Gasteiger partial charge in [0.15, 0.2) is 0 Å². The van der Waals surface area contributed by atoms with Gasteiger partial charge in [-0.25, -0.2) is 0 Å². The maximum atomic E-state index is 6.14. The van der Waals surface area contributed by atoms with Gasteiger partial charge in [0.1, 0.15) is 0 Å². The van der Waals surface area contributed by atoms with Crippen LogP contribution in [0.5, 0.6) is 0 Å². The number of nitrogens with one attached hydrogen (secondary N) is 1. The van der Waals surface area contributed by atoms with Crippen molar-refractivity contribution in [1.29, 1.82) is 0 Å². The minimum absolute atomic E-state index is 0.174. The van der Waals surface area contributed by atoms with E-state index in [1.807, 2.05) is 13.0 Å². The van der Waals surface area contributed by atoms with Crippen molar-refractivity contribution >= 4 is 17.3 Å². The second-order valence-electron chi connectivity index (χ2n) is 5.66. The number of hydrogen-bond acceptors (Lipinski definition) is 2. The Kier molecular flexibility index (Phi) is 3.88. The van der Waals surface area contributed by atoms with Crippen LogP contribution in [0.2, 0.25) is 5.02 Å². The van der Waals surface area contributed by atoms with Gasteiger partial charge in [-0.3, -0.25) is 0 Å². The lowest BCUT2D eigenvalue weighted by molar-refractivity contribution is -0.0975. The molecule has 1 aliphatic rings. The van der Waals surface area contributed by atoms with E-state index in [-0.39, 0.29) is 5.41 Å². The van der Waals surface area contributed by atoms with Gasteiger partial charge in [-0.1, -0.05) is 31.5 Å². The van der Waals surface area contributed by atoms with Crippen LogP contribution >= 0.6 is 11.6 Å². The van der Waals surface area contributed by atoms with Crippen molar-refractivity contribution in [3.63, 3.8) is 0 Å². The van der Waals surface area contributed by atoms with Crippen molar-refractivity contribution < 1.29 is 4.74 Å². The van der Waals surface area contributed by atoms with Crippen molar-refractivity contribution in [2.75, 3.05) is 11.9 Å². The van der Waals surface area contributed by atoms with Crippen LogP contribution in [0.1, 0.15) is 32.8 Å². The minimum atomic E-state index is 0.174. The molecule has 0 spiro atoms. The first-order valence-corrected chi connectivity index (χ1v) is 6.97. The summed E-state index contributed by atoms with van der Waals surface area (Å²) in [6.45, 7) is 9.37. The molecule has 100 valence electrons. The molecule has 1 aromatic rings. The summed E-state index contributed by atoms with van der Waals surface area (Å²) in [5.41, 5.74) is 2.38. The van der Waals surface area contributed by atoms with Crippen molar-refractivity contribution in [3.8, 4) is 0 Å². The monoisotopic (exact) mass is 267 g/mol. The van der Waals surface area contributed by atoms with E-state index in [0.717, 1.165) is 29.3 Å². The third-order valence-corrected chi connectivity index (χ3v) is 4.47. The number of ether oxygens (including phenoxy) is 1. The van der Waals surface area contributed by atoms with Crippen LogP contribution in [0.15, 0.2) is 18.2 Å². The molecule has 0 amide bonds. The second-order valence-corrected chi connectivity index (χ2v) is 6.07. The van der Waals surface area contributed by atoms with Gasteiger partial charge < -0.3 is 10.1 Å². The molecule has 18 heavy (non-hydrogen) atoms. The highest BCUT2D eigenvalue weighted by Gasteiger charge is 2.48. The molecule has 3 heteroatoms. The summed E-state index contributed by atoms with van der Waals surface area (Å²) < 4.78 is 5.74. The summed E-state index contributed by atoms with van der Waals surface area (Å²) in [6.07, 6.45) is 1.42. The van der Waals surface area contributed by atoms with E-state index in [0.29, 0.717) is 12.1 Å². The summed E-state index contributed by atoms with van der Waals surface area (Å²) in [5.74, 6) is 0. The number of aryl methyl sites for hydroxylation is 1. The van der Waals surface area contributed by atoms with Crippen LogP contribution in [0.4, 0.5) is 5.69 Å². The molecule has 1 fully saturated rings. The van der Waals surface area contributed by atoms with Crippen molar-refractivity contribution in [2.24, 2.45) is 5.41 Å². The average Bonchev–Trinajstić information content (AvgIpc) is 2.32. The predicted molar refractivity (Wildman–Crippen MR) is 77.4 cm³/mol. The molecule has 0 radical (unpaired) electrons. The van der Waals surface area contributed by atoms with E-state index in [2.05, 4.69) is 38.2 Å². The highest BCUT2D eigenvalue weighted by molar-refractivity contribution is 6.31. The zero-order valence-electron chi connectivity index (χ0n) is 11.6. The number of hydrogen-bond donors (Lipinski definition) is 1. The lowest BCUT2D eigenvalue weighted by atomic mass is 9.64. The normalized spacial score (nSPS) is 25.6. The first kappa shape index (κ1) is 13.7. The van der Waals surface area contributed by atoms with E-state index < -0.39 is 0 Å². The molecule has 2 rings (SSSR count). The fourth-order valence-corrected chi connectivity index (χ4v) is 2.68. The first-order chi connectivity index (χ1) is 8.45. The molecule has 0 aromatic heterocycles. The summed E-state index contributed by atoms with van der Waals surface area (Å²) in [6, 6.07) is 6.59. The van der Waals surface area contributed by atoms with Crippen LogP contribution in [0, 0.1) is 12.3 Å². The van der Waals surface area contributed by atoms with Crippen LogP contribution in [0.25, 0.3) is 0 Å². The predicted octanol–water partition coefficient (Wildman–Crippen LogP) is 4.26. The Labute approximate surface area is 115 Å². The smallest absolute Gasteiger partial charge is 0.0665 e. The molecule has 2 nitrogen and oxygen atoms in total. The van der Waals surface area contributed by atoms with Gasteiger partial charge in [0.25, 0.3) is 0 Å². The van der Waals surface area contributed by atoms with Crippen molar-refractivity contribution in [2.45, 2.75) is 46.3 Å². The minimum Gasteiger partial charge on any atom is -0.382 e. The molecule has 0 saturated heterocycles. The summed E-state index contributed by atoms with van der Waals surface area (Å²) in [7, 11) is 0. The third-order valence-electron chi connectivity index (χ3n) is 4.06. The van der Waals surface area contributed by atoms with Crippen LogP contribution in [0.3, 0.4) is 0 Å². The molecule has 1 aromatic carbocycles. The summed E-state index contributed by atoms with van der Waals surface area (Å²) in [5, 5.41) is 4.38. The Bertz CT molecular complexity index is 431. The molecule has 2 atom stereocenters. The number of anilines is 1. The zero-order chi connectivity index (χ0) is 13.3. The summed E-state index contributed by atoms with van der Waals surface area (Å²) >= 11 is 6.14. The van der Waals surface area contributed by atoms with Gasteiger partial charge in [0.2, 0.25) is 0 Å². The van der Waals surface area contributed by atoms with Gasteiger partial charge in [-0.05, 0) is 38.0 Å². The largest absolute Gasteiger partial charge is 0.382 e. The first-order valence-electron chi connectivity index (χ1n) is 6.59. The molecule has 1 aliphatic carbocycles. The lowest BCUT2D eigenvalue weighted by Gasteiger charge is -2.52. The molecule has 1 saturated carbocycles. The summed E-state index contributed by atoms with van der Waals surface area (Å²) in [4.78, 5) is 0. The Morgan fingerprint density at radius 3 is 2.72 bits per heavy atom. The molecular formula is C15H22ClNO. The lowest BCUT2D eigenvalue weighted by Crippen LogP contribution is -2.58. The van der Waals surface area contributed by atoms with Gasteiger partial charge in [-0.15, -0.1) is 0 Å². The van der Waals surface area contributed by atoms with Crippen LogP contribution < -0.4 is 5.32 Å². The fraction of sp³-hybridized carbons (Fsp3) is 0.600. The zero-order valence-corrected chi connectivity index (χ0v) is 12.3. The average molecular weight is 268 g/mol. The van der Waals surface area contributed by atoms with E-state index >= 15 is 0 Å². The Hall–Kier alpha value is -0.730. The second kappa shape index (κ2) is 5.10. The van der Waals surface area contributed by atoms with Gasteiger partial charge in [0, 0.05) is 28.8 Å². The maximum absolute atomic E-state index is 6.14. The molecule has 0 aliphatic heterocycles. The Morgan fingerprint density at radius 1 is 1.44 bits per heavy atom. The molecule has 0 bridgehead atoms. The highest BCUT2D eigenvalue weighted by Crippen LogP contribution is 2.44. The highest BCUT2D eigenvalue weighted by atomic mass is 35.5. The SMILES string of the molecule is CCOC1CC(Nc2ccc(C)c(Cl)c2)C1(C)C. The molecular weight excluding hydrogens is 246 g/mol. The van der Waals surface area contributed by atoms with E-state index in [1.165, 1.54) is 0 Å². The number of benzene rings is 1. The molecule has 0 heterocycles. The molecule has 1 N–H and O–H groups in total. The van der Waals surface area contributed by atoms with Gasteiger partial charge in [0.05, 0.1) is 6.10 Å². The van der Waals surface area contributed by atoms with Gasteiger partial charge >= 0.3 is 0 Å². The van der Waals surface area contributed by atoms with E-state index in [9.17, 15) is 0 Å². The molecule has 2 unspecified atom stereocenters. The van der Waals surface area contributed by atoms with Gasteiger partial charge in [-0.2, -0.15) is 0 Å². The fourth-order valence-electron chi connectivity index (χ4n) is 2.50. The third kappa shape index (κ3) is 2.50. The Morgan fingerprint density at radius 2 is 2.17 bits per heavy atom. The standard InChI is InChI=1S/C15H22ClNO/c1-5-18-14-9-13(15(14,3)4)17-11-7-6-10(2)12(16)8-11/h6-8,13-14,17H,5,9H2,1-4H3. The van der Waals surface area contributed by atoms with E-state index in [4.69, 9.17) is 16.3 Å². The topological polar surface area (TPSA) is 21.3 Å². The van der Waals surface area contributed by atoms with Crippen LogP contribution in [-0.4, -0.2) is 18.8 Å². The van der Waals surface area contributed by atoms with Crippen LogP contribution in [-0.2, 0) is 4.74 Å². The van der Waals surface area contributed by atoms with Crippen molar-refractivity contribution in [3.05, 3.63) is 28.8 Å². The number of halogens is 1. The van der Waals surface area contributed by atoms with Crippen molar-refractivity contribution in [1.82, 2.24) is 0 Å². The number of rotatable bonds is 4. The maximum Gasteiger partial charge on any atom is 0.0665 e. The quantitative estimate of drug-likeness (QED) is 0.880. The van der Waals surface area contributed by atoms with E-state index in [1.54, 1.807) is 0 Å². The Balaban J connectivity index is 2.01.